The normalized spacial score (nSPS) is 27.2. The second-order valence-corrected chi connectivity index (χ2v) is 10.4. The van der Waals surface area contributed by atoms with Crippen molar-refractivity contribution in [3.63, 3.8) is 0 Å². The van der Waals surface area contributed by atoms with Crippen LogP contribution in [-0.2, 0) is 9.84 Å². The third kappa shape index (κ3) is 1.79. The van der Waals surface area contributed by atoms with E-state index in [-0.39, 0.29) is 17.8 Å². The molecule has 140 valence electrons. The maximum atomic E-state index is 13.7. The highest BCUT2D eigenvalue weighted by Gasteiger charge is 2.60. The molecule has 0 N–H and O–H groups in total. The average molecular weight is 395 g/mol. The van der Waals surface area contributed by atoms with Crippen LogP contribution in [-0.4, -0.2) is 18.7 Å². The first kappa shape index (κ1) is 15.9. The van der Waals surface area contributed by atoms with Crippen molar-refractivity contribution in [1.82, 2.24) is 4.98 Å². The highest BCUT2D eigenvalue weighted by atomic mass is 32.2. The maximum Gasteiger partial charge on any atom is 0.184 e. The van der Waals surface area contributed by atoms with Crippen molar-refractivity contribution in [3.8, 4) is 0 Å². The van der Waals surface area contributed by atoms with Gasteiger partial charge in [0, 0.05) is 24.0 Å². The number of aromatic nitrogens is 1. The molecule has 2 bridgehead atoms. The lowest BCUT2D eigenvalue weighted by Crippen LogP contribution is -2.42. The molecule has 4 heteroatoms. The minimum Gasteiger partial charge on any atom is -0.260 e. The standard InChI is InChI=1S/C25H17NO2S/c27-29(28)20-10-5-11-26-24(20)23-21-16-8-3-4-9-17(16)22(25(23)29)19-13-15-7-2-1-6-14(15)12-18(19)21/h1-13,21-23,25H/t21?,22?,23-,25-/m1/s1. The summed E-state index contributed by atoms with van der Waals surface area (Å²) in [7, 11) is -3.44. The fourth-order valence-corrected chi connectivity index (χ4v) is 8.46. The lowest BCUT2D eigenvalue weighted by molar-refractivity contribution is 0.446. The molecular weight excluding hydrogens is 378 g/mol. The molecule has 4 aliphatic rings. The number of pyridine rings is 1. The minimum atomic E-state index is -3.44. The Morgan fingerprint density at radius 1 is 0.690 bits per heavy atom. The lowest BCUT2D eigenvalue weighted by atomic mass is 9.58. The SMILES string of the molecule is O=S1(=O)c2cccnc2[C@H]2C3c4ccccc4C(c4cc5ccccc5cc43)[C@H]21. The van der Waals surface area contributed by atoms with Gasteiger partial charge in [0.25, 0.3) is 0 Å². The molecule has 3 aromatic carbocycles. The fourth-order valence-electron chi connectivity index (χ4n) is 6.09. The molecule has 2 unspecified atom stereocenters. The van der Waals surface area contributed by atoms with Gasteiger partial charge in [-0.15, -0.1) is 0 Å². The molecule has 1 aromatic heterocycles. The monoisotopic (exact) mass is 395 g/mol. The first-order valence-corrected chi connectivity index (χ1v) is 11.5. The lowest BCUT2D eigenvalue weighted by Gasteiger charge is -2.47. The van der Waals surface area contributed by atoms with E-state index in [9.17, 15) is 8.42 Å². The Hall–Kier alpha value is -2.98. The topological polar surface area (TPSA) is 47.0 Å². The molecule has 3 aliphatic carbocycles. The molecule has 0 radical (unpaired) electrons. The average Bonchev–Trinajstić information content (AvgIpc) is 3.00. The summed E-state index contributed by atoms with van der Waals surface area (Å²) < 4.78 is 27.3. The molecule has 0 saturated carbocycles. The first-order valence-electron chi connectivity index (χ1n) is 9.96. The zero-order chi connectivity index (χ0) is 19.3. The summed E-state index contributed by atoms with van der Waals surface area (Å²) in [4.78, 5) is 5.01. The zero-order valence-corrected chi connectivity index (χ0v) is 16.3. The van der Waals surface area contributed by atoms with Crippen LogP contribution in [0.3, 0.4) is 0 Å². The summed E-state index contributed by atoms with van der Waals surface area (Å²) in [6.07, 6.45) is 1.73. The molecule has 2 heterocycles. The number of nitrogens with zero attached hydrogens (tertiary/aromatic N) is 1. The summed E-state index contributed by atoms with van der Waals surface area (Å²) in [5.41, 5.74) is 5.61. The number of hydrogen-bond donors (Lipinski definition) is 0. The van der Waals surface area contributed by atoms with E-state index in [1.165, 1.54) is 27.5 Å². The molecule has 29 heavy (non-hydrogen) atoms. The van der Waals surface area contributed by atoms with E-state index in [1.807, 2.05) is 12.1 Å². The van der Waals surface area contributed by atoms with Gasteiger partial charge in [-0.25, -0.2) is 8.42 Å². The summed E-state index contributed by atoms with van der Waals surface area (Å²) >= 11 is 0. The van der Waals surface area contributed by atoms with Gasteiger partial charge in [-0.05, 0) is 45.2 Å². The number of hydrogen-bond acceptors (Lipinski definition) is 3. The van der Waals surface area contributed by atoms with Gasteiger partial charge in [0.05, 0.1) is 15.8 Å². The largest absolute Gasteiger partial charge is 0.260 e. The van der Waals surface area contributed by atoms with Crippen LogP contribution in [0.5, 0.6) is 0 Å². The van der Waals surface area contributed by atoms with Gasteiger partial charge in [-0.3, -0.25) is 4.98 Å². The Kier molecular flexibility index (Phi) is 2.81. The third-order valence-corrected chi connectivity index (χ3v) is 9.35. The number of fused-ring (bicyclic) bond motifs is 2. The van der Waals surface area contributed by atoms with Gasteiger partial charge in [0.1, 0.15) is 0 Å². The summed E-state index contributed by atoms with van der Waals surface area (Å²) in [6, 6.07) is 24.7. The van der Waals surface area contributed by atoms with Crippen LogP contribution in [0.1, 0.15) is 45.7 Å². The molecule has 8 rings (SSSR count). The Bertz CT molecular complexity index is 1460. The number of rotatable bonds is 0. The fraction of sp³-hybridized carbons (Fsp3) is 0.160. The molecule has 4 atom stereocenters. The van der Waals surface area contributed by atoms with Gasteiger partial charge in [0.2, 0.25) is 0 Å². The first-order chi connectivity index (χ1) is 14.2. The Balaban J connectivity index is 1.63. The van der Waals surface area contributed by atoms with Crippen molar-refractivity contribution in [3.05, 3.63) is 107 Å². The van der Waals surface area contributed by atoms with Crippen LogP contribution in [0.15, 0.2) is 83.9 Å². The van der Waals surface area contributed by atoms with E-state index in [2.05, 4.69) is 53.5 Å². The molecule has 0 spiro atoms. The minimum absolute atomic E-state index is 0.0201. The van der Waals surface area contributed by atoms with Crippen molar-refractivity contribution in [2.24, 2.45) is 0 Å². The third-order valence-electron chi connectivity index (χ3n) is 7.11. The van der Waals surface area contributed by atoms with E-state index in [4.69, 9.17) is 0 Å². The Labute approximate surface area is 169 Å². The van der Waals surface area contributed by atoms with Gasteiger partial charge in [-0.2, -0.15) is 0 Å². The second kappa shape index (κ2) is 5.14. The predicted molar refractivity (Wildman–Crippen MR) is 112 cm³/mol. The summed E-state index contributed by atoms with van der Waals surface area (Å²) in [5.74, 6) is -0.253. The Morgan fingerprint density at radius 2 is 1.31 bits per heavy atom. The quantitative estimate of drug-likeness (QED) is 0.431. The molecule has 4 aromatic rings. The van der Waals surface area contributed by atoms with Crippen molar-refractivity contribution < 1.29 is 8.42 Å². The van der Waals surface area contributed by atoms with E-state index < -0.39 is 15.1 Å². The van der Waals surface area contributed by atoms with Gasteiger partial charge >= 0.3 is 0 Å². The highest BCUT2D eigenvalue weighted by Crippen LogP contribution is 2.64. The van der Waals surface area contributed by atoms with Gasteiger partial charge in [-0.1, -0.05) is 60.7 Å². The maximum absolute atomic E-state index is 13.7. The van der Waals surface area contributed by atoms with Crippen LogP contribution >= 0.6 is 0 Å². The number of sulfone groups is 1. The van der Waals surface area contributed by atoms with Crippen LogP contribution in [0.25, 0.3) is 10.8 Å². The molecular formula is C25H17NO2S. The molecule has 0 amide bonds. The summed E-state index contributed by atoms with van der Waals surface area (Å²) in [6.45, 7) is 0. The highest BCUT2D eigenvalue weighted by molar-refractivity contribution is 7.92. The molecule has 0 saturated heterocycles. The van der Waals surface area contributed by atoms with Crippen molar-refractivity contribution in [2.45, 2.75) is 27.9 Å². The molecule has 1 aliphatic heterocycles. The van der Waals surface area contributed by atoms with Crippen LogP contribution in [0, 0.1) is 0 Å². The van der Waals surface area contributed by atoms with Crippen LogP contribution in [0.2, 0.25) is 0 Å². The van der Waals surface area contributed by atoms with Crippen molar-refractivity contribution in [2.75, 3.05) is 0 Å². The predicted octanol–water partition coefficient (Wildman–Crippen LogP) is 4.77. The molecule has 3 nitrogen and oxygen atoms in total. The smallest absolute Gasteiger partial charge is 0.184 e. The van der Waals surface area contributed by atoms with E-state index in [0.29, 0.717) is 4.90 Å². The summed E-state index contributed by atoms with van der Waals surface area (Å²) in [5, 5.41) is 1.90. The Morgan fingerprint density at radius 3 is 2.03 bits per heavy atom. The number of benzene rings is 3. The van der Waals surface area contributed by atoms with Crippen molar-refractivity contribution >= 4 is 20.6 Å². The zero-order valence-electron chi connectivity index (χ0n) is 15.5. The van der Waals surface area contributed by atoms with Crippen molar-refractivity contribution in [1.29, 1.82) is 0 Å². The van der Waals surface area contributed by atoms with E-state index in [0.717, 1.165) is 11.3 Å². The van der Waals surface area contributed by atoms with Crippen LogP contribution in [0.4, 0.5) is 0 Å². The van der Waals surface area contributed by atoms with Gasteiger partial charge in [0.15, 0.2) is 9.84 Å². The molecule has 0 fully saturated rings. The van der Waals surface area contributed by atoms with E-state index >= 15 is 0 Å². The van der Waals surface area contributed by atoms with E-state index in [1.54, 1.807) is 18.3 Å². The van der Waals surface area contributed by atoms with Gasteiger partial charge < -0.3 is 0 Å². The second-order valence-electron chi connectivity index (χ2n) is 8.33. The van der Waals surface area contributed by atoms with Crippen LogP contribution < -0.4 is 0 Å².